The smallest absolute Gasteiger partial charge is 0.0713 e. The first-order valence-corrected chi connectivity index (χ1v) is 23.2. The minimum Gasteiger partial charge on any atom is -0.310 e. The van der Waals surface area contributed by atoms with E-state index in [4.69, 9.17) is 0 Å². The van der Waals surface area contributed by atoms with Crippen molar-refractivity contribution in [3.05, 3.63) is 252 Å². The van der Waals surface area contributed by atoms with Gasteiger partial charge in [0.2, 0.25) is 0 Å². The molecule has 3 aliphatic rings. The van der Waals surface area contributed by atoms with Crippen molar-refractivity contribution in [2.45, 2.75) is 37.0 Å². The van der Waals surface area contributed by atoms with Gasteiger partial charge in [0, 0.05) is 33.5 Å². The van der Waals surface area contributed by atoms with E-state index >= 15 is 0 Å². The summed E-state index contributed by atoms with van der Waals surface area (Å²) >= 11 is 0. The highest BCUT2D eigenvalue weighted by Crippen LogP contribution is 2.57. The summed E-state index contributed by atoms with van der Waals surface area (Å²) in [6, 6.07) is 83.8. The summed E-state index contributed by atoms with van der Waals surface area (Å²) in [5.74, 6) is 2.58. The predicted molar refractivity (Wildman–Crippen MR) is 266 cm³/mol. The maximum atomic E-state index is 2.46. The number of nitrogens with zero attached hydrogens (tertiary/aromatic N) is 2. The number of fused-ring (bicyclic) bond motifs is 8. The number of rotatable bonds is 8. The number of aromatic nitrogens is 1. The third-order valence-electron chi connectivity index (χ3n) is 15.2. The lowest BCUT2D eigenvalue weighted by atomic mass is 9.68. The van der Waals surface area contributed by atoms with E-state index in [1.807, 2.05) is 0 Å². The van der Waals surface area contributed by atoms with E-state index in [-0.39, 0.29) is 0 Å². The molecule has 3 atom stereocenters. The first kappa shape index (κ1) is 37.2. The van der Waals surface area contributed by atoms with Gasteiger partial charge in [-0.25, -0.2) is 0 Å². The van der Waals surface area contributed by atoms with E-state index in [1.54, 1.807) is 0 Å². The van der Waals surface area contributed by atoms with E-state index < -0.39 is 5.41 Å². The molecule has 2 bridgehead atoms. The van der Waals surface area contributed by atoms with Crippen molar-refractivity contribution in [2.75, 3.05) is 4.90 Å². The molecule has 13 rings (SSSR count). The van der Waals surface area contributed by atoms with E-state index in [2.05, 4.69) is 234 Å². The molecular formula is C62H48N2. The van der Waals surface area contributed by atoms with Crippen LogP contribution >= 0.6 is 0 Å². The number of hydrogen-bond donors (Lipinski definition) is 0. The van der Waals surface area contributed by atoms with E-state index in [9.17, 15) is 0 Å². The van der Waals surface area contributed by atoms with Crippen molar-refractivity contribution in [1.29, 1.82) is 0 Å². The van der Waals surface area contributed by atoms with E-state index in [0.29, 0.717) is 0 Å². The van der Waals surface area contributed by atoms with Crippen molar-refractivity contribution < 1.29 is 0 Å². The average molecular weight is 821 g/mol. The molecule has 1 aromatic heterocycles. The van der Waals surface area contributed by atoms with E-state index in [1.165, 1.54) is 97.6 Å². The summed E-state index contributed by atoms with van der Waals surface area (Å²) in [5, 5.41) is 2.47. The quantitative estimate of drug-likeness (QED) is 0.148. The zero-order valence-electron chi connectivity index (χ0n) is 35.8. The zero-order valence-corrected chi connectivity index (χ0v) is 35.8. The molecule has 64 heavy (non-hydrogen) atoms. The van der Waals surface area contributed by atoms with Gasteiger partial charge in [-0.2, -0.15) is 0 Å². The molecule has 0 aliphatic heterocycles. The largest absolute Gasteiger partial charge is 0.310 e. The topological polar surface area (TPSA) is 8.17 Å². The first-order chi connectivity index (χ1) is 31.7. The van der Waals surface area contributed by atoms with Crippen molar-refractivity contribution in [3.8, 4) is 27.9 Å². The molecule has 0 saturated heterocycles. The lowest BCUT2D eigenvalue weighted by molar-refractivity contribution is 0.420. The van der Waals surface area contributed by atoms with E-state index in [0.717, 1.165) is 40.5 Å². The second-order valence-corrected chi connectivity index (χ2v) is 18.4. The van der Waals surface area contributed by atoms with Gasteiger partial charge in [-0.05, 0) is 148 Å². The molecule has 9 aromatic carbocycles. The normalized spacial score (nSPS) is 18.0. The Morgan fingerprint density at radius 2 is 1.00 bits per heavy atom. The Bertz CT molecular complexity index is 3290. The minimum absolute atomic E-state index is 0.454. The Morgan fingerprint density at radius 1 is 0.422 bits per heavy atom. The first-order valence-electron chi connectivity index (χ1n) is 23.2. The molecule has 2 saturated carbocycles. The van der Waals surface area contributed by atoms with Crippen LogP contribution in [0.2, 0.25) is 0 Å². The average Bonchev–Trinajstić information content (AvgIpc) is 4.16. The minimum atomic E-state index is -0.454. The van der Waals surface area contributed by atoms with Gasteiger partial charge >= 0.3 is 0 Å². The molecular weight excluding hydrogens is 773 g/mol. The second kappa shape index (κ2) is 14.9. The van der Waals surface area contributed by atoms with Crippen LogP contribution in [0, 0.1) is 11.8 Å². The molecule has 2 fully saturated rings. The van der Waals surface area contributed by atoms with Crippen molar-refractivity contribution in [1.82, 2.24) is 4.57 Å². The van der Waals surface area contributed by atoms with Crippen molar-refractivity contribution in [3.63, 3.8) is 0 Å². The summed E-state index contributed by atoms with van der Waals surface area (Å²) < 4.78 is 2.40. The Balaban J connectivity index is 0.977. The van der Waals surface area contributed by atoms with Crippen LogP contribution in [0.3, 0.4) is 0 Å². The third-order valence-corrected chi connectivity index (χ3v) is 15.2. The van der Waals surface area contributed by atoms with Gasteiger partial charge in [-0.15, -0.1) is 0 Å². The van der Waals surface area contributed by atoms with Gasteiger partial charge in [0.25, 0.3) is 0 Å². The Hall–Kier alpha value is -7.42. The molecule has 3 aliphatic carbocycles. The van der Waals surface area contributed by atoms with Crippen LogP contribution < -0.4 is 4.90 Å². The molecule has 1 heterocycles. The fraction of sp³-hybridized carbons (Fsp3) is 0.129. The van der Waals surface area contributed by atoms with Crippen LogP contribution in [0.1, 0.15) is 59.4 Å². The Labute approximate surface area is 375 Å². The van der Waals surface area contributed by atoms with Gasteiger partial charge in [0.15, 0.2) is 0 Å². The van der Waals surface area contributed by atoms with Crippen LogP contribution in [-0.4, -0.2) is 4.57 Å². The second-order valence-electron chi connectivity index (χ2n) is 18.4. The highest BCUT2D eigenvalue weighted by atomic mass is 15.1. The number of benzene rings is 9. The van der Waals surface area contributed by atoms with Gasteiger partial charge in [0.05, 0.1) is 16.4 Å². The standard InChI is InChI=1S/C62H48N2/c1-4-14-47(15-5-1)62(48-16-6-2-7-17-48)58-22-12-10-20-53(58)56-40-51(34-36-59(56)62)63(50-32-30-44(31-33-50)43-26-28-45(29-27-43)55-39-42-24-25-46(55)38-42)52-35-37-61-57(41-52)54-21-11-13-23-60(54)64(61)49-18-8-3-9-19-49/h1-23,26-37,40-42,46,55H,24-25,38-39H2. The molecule has 0 spiro atoms. The summed E-state index contributed by atoms with van der Waals surface area (Å²) in [4.78, 5) is 2.46. The predicted octanol–water partition coefficient (Wildman–Crippen LogP) is 16.2. The van der Waals surface area contributed by atoms with Gasteiger partial charge in [0.1, 0.15) is 0 Å². The van der Waals surface area contributed by atoms with Gasteiger partial charge < -0.3 is 9.47 Å². The van der Waals surface area contributed by atoms with Gasteiger partial charge in [-0.1, -0.05) is 170 Å². The van der Waals surface area contributed by atoms with Crippen molar-refractivity contribution >= 4 is 38.9 Å². The van der Waals surface area contributed by atoms with Crippen LogP contribution in [0.4, 0.5) is 17.1 Å². The zero-order chi connectivity index (χ0) is 42.2. The molecule has 3 unspecified atom stereocenters. The molecule has 2 heteroatoms. The van der Waals surface area contributed by atoms with Gasteiger partial charge in [-0.3, -0.25) is 0 Å². The summed E-state index contributed by atoms with van der Waals surface area (Å²) in [7, 11) is 0. The van der Waals surface area contributed by atoms with Crippen LogP contribution in [0.15, 0.2) is 224 Å². The molecule has 10 aromatic rings. The molecule has 306 valence electrons. The highest BCUT2D eigenvalue weighted by molar-refractivity contribution is 6.10. The maximum absolute atomic E-state index is 2.46. The van der Waals surface area contributed by atoms with Crippen LogP contribution in [-0.2, 0) is 5.41 Å². The third kappa shape index (κ3) is 5.72. The maximum Gasteiger partial charge on any atom is 0.0713 e. The Morgan fingerprint density at radius 3 is 1.70 bits per heavy atom. The van der Waals surface area contributed by atoms with Crippen molar-refractivity contribution in [2.24, 2.45) is 11.8 Å². The molecule has 2 nitrogen and oxygen atoms in total. The Kier molecular flexibility index (Phi) is 8.62. The van der Waals surface area contributed by atoms with Crippen LogP contribution in [0.5, 0.6) is 0 Å². The molecule has 0 radical (unpaired) electrons. The highest BCUT2D eigenvalue weighted by Gasteiger charge is 2.46. The summed E-state index contributed by atoms with van der Waals surface area (Å²) in [6.45, 7) is 0. The fourth-order valence-electron chi connectivity index (χ4n) is 12.4. The SMILES string of the molecule is c1ccc(-n2c3ccccc3c3cc(N(c4ccc(-c5ccc(C6CC7CCC6C7)cc5)cc4)c4ccc5c(c4)-c4ccccc4C5(c4ccccc4)c4ccccc4)ccc32)cc1. The number of hydrogen-bond acceptors (Lipinski definition) is 1. The fourth-order valence-corrected chi connectivity index (χ4v) is 12.4. The summed E-state index contributed by atoms with van der Waals surface area (Å²) in [6.07, 6.45) is 5.66. The molecule has 0 N–H and O–H groups in total. The monoisotopic (exact) mass is 820 g/mol. The summed E-state index contributed by atoms with van der Waals surface area (Å²) in [5.41, 5.74) is 18.2. The lowest BCUT2D eigenvalue weighted by Gasteiger charge is -2.34. The lowest BCUT2D eigenvalue weighted by Crippen LogP contribution is -2.28. The number of anilines is 3. The molecule has 0 amide bonds. The number of para-hydroxylation sites is 2. The van der Waals surface area contributed by atoms with Crippen LogP contribution in [0.25, 0.3) is 49.7 Å².